The first kappa shape index (κ1) is 32.2. The summed E-state index contributed by atoms with van der Waals surface area (Å²) in [6.07, 6.45) is 23.1. The second kappa shape index (κ2) is 16.8. The summed E-state index contributed by atoms with van der Waals surface area (Å²) in [6, 6.07) is 1.35. The van der Waals surface area contributed by atoms with E-state index in [-0.39, 0.29) is 14.5 Å². The molecule has 0 spiro atoms. The molecule has 1 aromatic heterocycles. The molecule has 0 fully saturated rings. The molecule has 0 aromatic carbocycles. The van der Waals surface area contributed by atoms with Gasteiger partial charge < -0.3 is 5.32 Å². The lowest BCUT2D eigenvalue weighted by atomic mass is 10.1. The van der Waals surface area contributed by atoms with Crippen LogP contribution in [0.3, 0.4) is 0 Å². The van der Waals surface area contributed by atoms with Gasteiger partial charge in [-0.1, -0.05) is 77.4 Å². The first-order valence-electron chi connectivity index (χ1n) is 14.3. The van der Waals surface area contributed by atoms with Gasteiger partial charge in [0, 0.05) is 17.8 Å². The van der Waals surface area contributed by atoms with Crippen molar-refractivity contribution in [3.63, 3.8) is 0 Å². The van der Waals surface area contributed by atoms with Crippen LogP contribution in [-0.2, 0) is 19.9 Å². The number of sulfone groups is 1. The molecule has 9 heteroatoms. The second-order valence-corrected chi connectivity index (χ2v) is 15.6. The van der Waals surface area contributed by atoms with Gasteiger partial charge in [0.1, 0.15) is 8.42 Å². The summed E-state index contributed by atoms with van der Waals surface area (Å²) < 4.78 is 55.1. The van der Waals surface area contributed by atoms with E-state index in [1.165, 1.54) is 70.1 Å². The molecule has 0 saturated carbocycles. The summed E-state index contributed by atoms with van der Waals surface area (Å²) in [5.74, 6) is 0. The Morgan fingerprint density at radius 3 is 2.11 bits per heavy atom. The highest BCUT2D eigenvalue weighted by atomic mass is 32.3. The molecule has 0 bridgehead atoms. The van der Waals surface area contributed by atoms with E-state index >= 15 is 0 Å². The lowest BCUT2D eigenvalue weighted by Crippen LogP contribution is -2.33. The van der Waals surface area contributed by atoms with E-state index in [1.807, 2.05) is 6.92 Å². The summed E-state index contributed by atoms with van der Waals surface area (Å²) in [5.41, 5.74) is 0.566. The fourth-order valence-electron chi connectivity index (χ4n) is 4.68. The number of rotatable bonds is 19. The first-order chi connectivity index (χ1) is 17.7. The van der Waals surface area contributed by atoms with E-state index in [0.29, 0.717) is 24.9 Å². The van der Waals surface area contributed by atoms with Gasteiger partial charge in [0.05, 0.1) is 5.25 Å². The number of sulfonamides is 1. The van der Waals surface area contributed by atoms with Crippen LogP contribution in [0.25, 0.3) is 0 Å². The predicted octanol–water partition coefficient (Wildman–Crippen LogP) is 7.76. The van der Waals surface area contributed by atoms with Crippen LogP contribution in [0, 0.1) is 0 Å². The quantitative estimate of drug-likeness (QED) is 0.104. The number of unbranched alkanes of at least 4 members (excludes halogenated alkanes) is 12. The number of allylic oxidation sites excluding steroid dienone is 2. The molecule has 37 heavy (non-hydrogen) atoms. The Morgan fingerprint density at radius 1 is 0.946 bits per heavy atom. The van der Waals surface area contributed by atoms with Crippen LogP contribution in [0.5, 0.6) is 0 Å². The topological polar surface area (TPSA) is 92.7 Å². The van der Waals surface area contributed by atoms with Crippen LogP contribution in [0.2, 0.25) is 0 Å². The number of fused-ring (bicyclic) bond motifs is 1. The van der Waals surface area contributed by atoms with Crippen molar-refractivity contribution in [1.82, 2.24) is 5.32 Å². The summed E-state index contributed by atoms with van der Waals surface area (Å²) in [6.45, 7) is 6.57. The molecular formula is C28H48N2O4S3. The van der Waals surface area contributed by atoms with Crippen molar-refractivity contribution < 1.29 is 16.8 Å². The van der Waals surface area contributed by atoms with Gasteiger partial charge in [-0.15, -0.1) is 11.3 Å². The number of thiophene rings is 1. The highest BCUT2D eigenvalue weighted by molar-refractivity contribution is 7.96. The molecule has 1 aliphatic heterocycles. The third-order valence-electron chi connectivity index (χ3n) is 6.95. The summed E-state index contributed by atoms with van der Waals surface area (Å²) >= 11 is 0.837. The molecule has 1 aromatic rings. The predicted molar refractivity (Wildman–Crippen MR) is 157 cm³/mol. The van der Waals surface area contributed by atoms with Crippen molar-refractivity contribution in [2.24, 2.45) is 4.40 Å². The van der Waals surface area contributed by atoms with Crippen LogP contribution < -0.4 is 5.32 Å². The van der Waals surface area contributed by atoms with E-state index in [9.17, 15) is 16.8 Å². The molecule has 6 nitrogen and oxygen atoms in total. The monoisotopic (exact) mass is 572 g/mol. The van der Waals surface area contributed by atoms with E-state index in [4.69, 9.17) is 0 Å². The van der Waals surface area contributed by atoms with Gasteiger partial charge >= 0.3 is 0 Å². The van der Waals surface area contributed by atoms with Gasteiger partial charge in [-0.05, 0) is 64.5 Å². The Kier molecular flexibility index (Phi) is 14.6. The summed E-state index contributed by atoms with van der Waals surface area (Å²) in [5, 5.41) is 2.74. The van der Waals surface area contributed by atoms with Gasteiger partial charge in [0.15, 0.2) is 9.84 Å². The third kappa shape index (κ3) is 10.6. The van der Waals surface area contributed by atoms with Gasteiger partial charge in [0.25, 0.3) is 10.0 Å². The minimum absolute atomic E-state index is 0.0128. The van der Waals surface area contributed by atoms with Gasteiger partial charge in [-0.3, -0.25) is 0 Å². The molecular weight excluding hydrogens is 525 g/mol. The molecule has 2 heterocycles. The first-order valence-corrected chi connectivity index (χ1v) is 18.1. The molecule has 0 saturated heterocycles. The number of hydrogen-bond acceptors (Lipinski definition) is 6. The Balaban J connectivity index is 1.67. The molecule has 0 radical (unpaired) electrons. The minimum Gasteiger partial charge on any atom is -0.310 e. The normalized spacial score (nSPS) is 19.6. The molecule has 0 aliphatic carbocycles. The highest BCUT2D eigenvalue weighted by Crippen LogP contribution is 2.43. The average Bonchev–Trinajstić information content (AvgIpc) is 3.33. The smallest absolute Gasteiger partial charge is 0.291 e. The van der Waals surface area contributed by atoms with Gasteiger partial charge in [-0.25, -0.2) is 8.42 Å². The maximum atomic E-state index is 12.8. The molecule has 0 unspecified atom stereocenters. The average molecular weight is 573 g/mol. The minimum atomic E-state index is -3.89. The maximum absolute atomic E-state index is 12.8. The SMILES string of the molecule is CCCCCCCC/C=C/CCCCCCC/C=N/S(=O)(=O)c1cc2c(s1)S(=O)(=O)[C@@H](C)C[C@@H]2NCC. The summed E-state index contributed by atoms with van der Waals surface area (Å²) in [4.78, 5) is 0. The Labute approximate surface area is 230 Å². The number of nitrogens with one attached hydrogen (secondary N) is 1. The number of hydrogen-bond donors (Lipinski definition) is 1. The Morgan fingerprint density at radius 2 is 1.51 bits per heavy atom. The van der Waals surface area contributed by atoms with Crippen LogP contribution in [0.15, 0.2) is 31.0 Å². The second-order valence-electron chi connectivity index (χ2n) is 10.1. The van der Waals surface area contributed by atoms with E-state index in [1.54, 1.807) is 6.92 Å². The maximum Gasteiger partial charge on any atom is 0.291 e. The zero-order valence-electron chi connectivity index (χ0n) is 23.1. The van der Waals surface area contributed by atoms with Crippen LogP contribution >= 0.6 is 11.3 Å². The zero-order chi connectivity index (χ0) is 27.2. The fraction of sp³-hybridized carbons (Fsp3) is 0.750. The van der Waals surface area contributed by atoms with Crippen molar-refractivity contribution in [2.45, 2.75) is 137 Å². The fourth-order valence-corrected chi connectivity index (χ4v) is 9.57. The molecule has 0 amide bonds. The molecule has 1 N–H and O–H groups in total. The lowest BCUT2D eigenvalue weighted by molar-refractivity contribution is 0.477. The Bertz CT molecular complexity index is 1060. The van der Waals surface area contributed by atoms with Crippen molar-refractivity contribution in [1.29, 1.82) is 0 Å². The van der Waals surface area contributed by atoms with Gasteiger partial charge in [0.2, 0.25) is 0 Å². The van der Waals surface area contributed by atoms with Gasteiger partial charge in [-0.2, -0.15) is 12.8 Å². The molecule has 2 rings (SSSR count). The van der Waals surface area contributed by atoms with Crippen LogP contribution in [0.1, 0.15) is 129 Å². The van der Waals surface area contributed by atoms with Crippen molar-refractivity contribution in [3.05, 3.63) is 23.8 Å². The number of nitrogens with zero attached hydrogens (tertiary/aromatic N) is 1. The van der Waals surface area contributed by atoms with Crippen molar-refractivity contribution in [2.75, 3.05) is 6.54 Å². The van der Waals surface area contributed by atoms with E-state index < -0.39 is 25.1 Å². The van der Waals surface area contributed by atoms with E-state index in [2.05, 4.69) is 28.8 Å². The molecule has 2 atom stereocenters. The largest absolute Gasteiger partial charge is 0.310 e. The van der Waals surface area contributed by atoms with Crippen molar-refractivity contribution in [3.8, 4) is 0 Å². The third-order valence-corrected chi connectivity index (χ3v) is 12.6. The standard InChI is InChI=1S/C28H48N2O4S3/c1-4-6-7-8-9-10-11-12-13-14-15-16-17-18-19-20-21-30-37(33,34)27-23-25-26(29-5-2)22-24(3)36(31,32)28(25)35-27/h12-13,21,23-24,26,29H,4-11,14-20,22H2,1-3H3/b13-12+,30-21+/t24-,26-/m0/s1. The van der Waals surface area contributed by atoms with Crippen LogP contribution in [0.4, 0.5) is 0 Å². The lowest BCUT2D eigenvalue weighted by Gasteiger charge is -2.27. The van der Waals surface area contributed by atoms with Crippen LogP contribution in [-0.4, -0.2) is 34.8 Å². The van der Waals surface area contributed by atoms with Crippen molar-refractivity contribution >= 4 is 37.4 Å². The molecule has 212 valence electrons. The highest BCUT2D eigenvalue weighted by Gasteiger charge is 2.39. The Hall–Kier alpha value is -1.03. The van der Waals surface area contributed by atoms with E-state index in [0.717, 1.165) is 37.0 Å². The summed E-state index contributed by atoms with van der Waals surface area (Å²) in [7, 11) is -7.40. The zero-order valence-corrected chi connectivity index (χ0v) is 25.5. The molecule has 1 aliphatic rings.